The van der Waals surface area contributed by atoms with E-state index in [1.807, 2.05) is 10.8 Å². The van der Waals surface area contributed by atoms with Crippen molar-refractivity contribution in [3.05, 3.63) is 47.6 Å². The number of fused-ring (bicyclic) bond motifs is 1. The number of imidazole rings is 1. The van der Waals surface area contributed by atoms with Gasteiger partial charge in [0.15, 0.2) is 0 Å². The Morgan fingerprint density at radius 2 is 2.33 bits per heavy atom. The minimum atomic E-state index is -0.404. The number of aromatic nitrogens is 2. The molecule has 0 fully saturated rings. The summed E-state index contributed by atoms with van der Waals surface area (Å²) in [6.45, 7) is 1.07. The summed E-state index contributed by atoms with van der Waals surface area (Å²) in [5, 5.41) is 3.10. The molecule has 5 nitrogen and oxygen atoms in total. The Balaban J connectivity index is 1.75. The maximum Gasteiger partial charge on any atom is 0.263 e. The number of benzene rings is 1. The van der Waals surface area contributed by atoms with Crippen LogP contribution in [0.25, 0.3) is 10.1 Å². The van der Waals surface area contributed by atoms with Gasteiger partial charge in [-0.3, -0.25) is 4.79 Å². The number of nitrogens with two attached hydrogens (primary N) is 1. The average molecular weight is 304 g/mol. The summed E-state index contributed by atoms with van der Waals surface area (Å²) >= 11 is 1.20. The molecule has 0 spiro atoms. The molecule has 3 rings (SSSR count). The molecule has 7 heteroatoms. The van der Waals surface area contributed by atoms with Crippen LogP contribution in [-0.2, 0) is 6.54 Å². The van der Waals surface area contributed by atoms with Crippen LogP contribution in [0, 0.1) is 5.82 Å². The van der Waals surface area contributed by atoms with Crippen molar-refractivity contribution < 1.29 is 9.18 Å². The lowest BCUT2D eigenvalue weighted by Gasteiger charge is -2.05. The standard InChI is InChI=1S/C14H13FN4OS/c15-9-2-1-3-10-11(9)12(16)13(21-10)14(20)18-5-7-19-6-4-17-8-19/h1-4,6,8H,5,7,16H2,(H,18,20). The number of hydrogen-bond acceptors (Lipinski definition) is 4. The summed E-state index contributed by atoms with van der Waals surface area (Å²) in [6, 6.07) is 4.70. The van der Waals surface area contributed by atoms with Gasteiger partial charge in [-0.25, -0.2) is 9.37 Å². The average Bonchev–Trinajstić information content (AvgIpc) is 3.08. The van der Waals surface area contributed by atoms with Crippen LogP contribution in [0.1, 0.15) is 9.67 Å². The predicted octanol–water partition coefficient (Wildman–Crippen LogP) is 2.25. The first-order valence-electron chi connectivity index (χ1n) is 6.37. The molecular weight excluding hydrogens is 291 g/mol. The summed E-state index contributed by atoms with van der Waals surface area (Å²) in [6.07, 6.45) is 5.17. The molecule has 0 aliphatic heterocycles. The van der Waals surface area contributed by atoms with E-state index in [-0.39, 0.29) is 11.6 Å². The Morgan fingerprint density at radius 1 is 1.48 bits per heavy atom. The first kappa shape index (κ1) is 13.6. The number of amides is 1. The Bertz CT molecular complexity index is 782. The Morgan fingerprint density at radius 3 is 3.05 bits per heavy atom. The first-order valence-corrected chi connectivity index (χ1v) is 7.19. The van der Waals surface area contributed by atoms with E-state index in [0.717, 1.165) is 0 Å². The summed E-state index contributed by atoms with van der Waals surface area (Å²) in [7, 11) is 0. The van der Waals surface area contributed by atoms with Crippen LogP contribution in [0.5, 0.6) is 0 Å². The fraction of sp³-hybridized carbons (Fsp3) is 0.143. The monoisotopic (exact) mass is 304 g/mol. The first-order chi connectivity index (χ1) is 10.2. The Labute approximate surface area is 124 Å². The van der Waals surface area contributed by atoms with Crippen LogP contribution in [0.3, 0.4) is 0 Å². The van der Waals surface area contributed by atoms with Gasteiger partial charge in [-0.15, -0.1) is 11.3 Å². The van der Waals surface area contributed by atoms with Crippen molar-refractivity contribution in [3.63, 3.8) is 0 Å². The number of nitrogen functional groups attached to an aromatic ring is 1. The maximum atomic E-state index is 13.7. The summed E-state index contributed by atoms with van der Waals surface area (Å²) in [5.74, 6) is -0.688. The fourth-order valence-corrected chi connectivity index (χ4v) is 3.15. The zero-order valence-electron chi connectivity index (χ0n) is 11.0. The second kappa shape index (κ2) is 5.53. The van der Waals surface area contributed by atoms with Gasteiger partial charge < -0.3 is 15.6 Å². The van der Waals surface area contributed by atoms with Crippen molar-refractivity contribution in [2.75, 3.05) is 12.3 Å². The van der Waals surface area contributed by atoms with Crippen LogP contribution in [0.15, 0.2) is 36.9 Å². The predicted molar refractivity (Wildman–Crippen MR) is 80.8 cm³/mol. The molecule has 21 heavy (non-hydrogen) atoms. The molecule has 0 saturated heterocycles. The van der Waals surface area contributed by atoms with Crippen molar-refractivity contribution in [3.8, 4) is 0 Å². The molecule has 0 radical (unpaired) electrons. The molecule has 0 aliphatic rings. The lowest BCUT2D eigenvalue weighted by molar-refractivity contribution is 0.0957. The largest absolute Gasteiger partial charge is 0.397 e. The highest BCUT2D eigenvalue weighted by Crippen LogP contribution is 2.35. The van der Waals surface area contributed by atoms with Crippen molar-refractivity contribution in [1.82, 2.24) is 14.9 Å². The van der Waals surface area contributed by atoms with Gasteiger partial charge in [0.2, 0.25) is 0 Å². The van der Waals surface area contributed by atoms with E-state index < -0.39 is 5.82 Å². The highest BCUT2D eigenvalue weighted by Gasteiger charge is 2.18. The number of hydrogen-bond donors (Lipinski definition) is 2. The van der Waals surface area contributed by atoms with E-state index in [2.05, 4.69) is 10.3 Å². The van der Waals surface area contributed by atoms with Crippen molar-refractivity contribution in [2.24, 2.45) is 0 Å². The zero-order chi connectivity index (χ0) is 14.8. The molecule has 0 saturated carbocycles. The van der Waals surface area contributed by atoms with Gasteiger partial charge in [-0.1, -0.05) is 6.07 Å². The second-order valence-corrected chi connectivity index (χ2v) is 5.57. The molecule has 0 bridgehead atoms. The van der Waals surface area contributed by atoms with Crippen molar-refractivity contribution in [2.45, 2.75) is 6.54 Å². The van der Waals surface area contributed by atoms with Gasteiger partial charge >= 0.3 is 0 Å². The zero-order valence-corrected chi connectivity index (χ0v) is 11.9. The van der Waals surface area contributed by atoms with E-state index in [0.29, 0.717) is 28.1 Å². The third-order valence-electron chi connectivity index (χ3n) is 3.12. The van der Waals surface area contributed by atoms with Crippen LogP contribution in [0.2, 0.25) is 0 Å². The number of thiophene rings is 1. The Hall–Kier alpha value is -2.41. The van der Waals surface area contributed by atoms with Gasteiger partial charge in [0.25, 0.3) is 5.91 Å². The third-order valence-corrected chi connectivity index (χ3v) is 4.29. The minimum absolute atomic E-state index is 0.202. The van der Waals surface area contributed by atoms with E-state index >= 15 is 0 Å². The molecule has 2 heterocycles. The molecular formula is C14H13FN4OS. The number of rotatable bonds is 4. The third kappa shape index (κ3) is 2.59. The van der Waals surface area contributed by atoms with Gasteiger partial charge in [0.1, 0.15) is 10.7 Å². The summed E-state index contributed by atoms with van der Waals surface area (Å²) in [4.78, 5) is 16.4. The second-order valence-electron chi connectivity index (χ2n) is 4.51. The molecule has 3 N–H and O–H groups in total. The normalized spacial score (nSPS) is 10.9. The smallest absolute Gasteiger partial charge is 0.263 e. The van der Waals surface area contributed by atoms with Gasteiger partial charge in [0.05, 0.1) is 17.4 Å². The maximum absolute atomic E-state index is 13.7. The van der Waals surface area contributed by atoms with Crippen LogP contribution < -0.4 is 11.1 Å². The highest BCUT2D eigenvalue weighted by molar-refractivity contribution is 7.21. The number of halogens is 1. The quantitative estimate of drug-likeness (QED) is 0.776. The summed E-state index contributed by atoms with van der Waals surface area (Å²) in [5.41, 5.74) is 6.10. The topological polar surface area (TPSA) is 72.9 Å². The minimum Gasteiger partial charge on any atom is -0.397 e. The molecule has 2 aromatic heterocycles. The van der Waals surface area contributed by atoms with Gasteiger partial charge in [-0.05, 0) is 12.1 Å². The van der Waals surface area contributed by atoms with E-state index in [1.165, 1.54) is 17.4 Å². The van der Waals surface area contributed by atoms with Crippen molar-refractivity contribution >= 4 is 33.0 Å². The molecule has 1 amide bonds. The molecule has 1 aromatic carbocycles. The molecule has 0 atom stereocenters. The van der Waals surface area contributed by atoms with E-state index in [9.17, 15) is 9.18 Å². The van der Waals surface area contributed by atoms with Gasteiger partial charge in [0, 0.05) is 30.2 Å². The number of carbonyl (C=O) groups is 1. The molecule has 0 aliphatic carbocycles. The number of nitrogens with one attached hydrogen (secondary N) is 1. The van der Waals surface area contributed by atoms with Crippen molar-refractivity contribution in [1.29, 1.82) is 0 Å². The molecule has 0 unspecified atom stereocenters. The SMILES string of the molecule is Nc1c(C(=O)NCCn2ccnc2)sc2cccc(F)c12. The van der Waals surface area contributed by atoms with E-state index in [1.54, 1.807) is 24.7 Å². The number of nitrogens with zero attached hydrogens (tertiary/aromatic N) is 2. The number of anilines is 1. The lowest BCUT2D eigenvalue weighted by Crippen LogP contribution is -2.26. The highest BCUT2D eigenvalue weighted by atomic mass is 32.1. The number of carbonyl (C=O) groups excluding carboxylic acids is 1. The lowest BCUT2D eigenvalue weighted by atomic mass is 10.2. The molecule has 108 valence electrons. The summed E-state index contributed by atoms with van der Waals surface area (Å²) < 4.78 is 16.3. The Kier molecular flexibility index (Phi) is 3.57. The van der Waals surface area contributed by atoms with Gasteiger partial charge in [-0.2, -0.15) is 0 Å². The van der Waals surface area contributed by atoms with Crippen LogP contribution >= 0.6 is 11.3 Å². The fourth-order valence-electron chi connectivity index (χ4n) is 2.10. The molecule has 3 aromatic rings. The van der Waals surface area contributed by atoms with Crippen LogP contribution in [-0.4, -0.2) is 22.0 Å². The van der Waals surface area contributed by atoms with Crippen LogP contribution in [0.4, 0.5) is 10.1 Å². The van der Waals surface area contributed by atoms with E-state index in [4.69, 9.17) is 5.73 Å².